The average molecular weight is 250 g/mol. The van der Waals surface area contributed by atoms with E-state index in [4.69, 9.17) is 5.73 Å². The van der Waals surface area contributed by atoms with Crippen molar-refractivity contribution in [3.8, 4) is 0 Å². The molecule has 0 radical (unpaired) electrons. The highest BCUT2D eigenvalue weighted by atomic mass is 19.1. The van der Waals surface area contributed by atoms with Gasteiger partial charge in [0.25, 0.3) is 0 Å². The van der Waals surface area contributed by atoms with Crippen LogP contribution in [0.3, 0.4) is 0 Å². The van der Waals surface area contributed by atoms with Crippen LogP contribution in [0.4, 0.5) is 10.1 Å². The summed E-state index contributed by atoms with van der Waals surface area (Å²) in [7, 11) is 0. The van der Waals surface area contributed by atoms with Crippen LogP contribution >= 0.6 is 0 Å². The van der Waals surface area contributed by atoms with Crippen molar-refractivity contribution < 1.29 is 9.31 Å². The summed E-state index contributed by atoms with van der Waals surface area (Å²) < 4.78 is 15.1. The Morgan fingerprint density at radius 2 is 2.28 bits per heavy atom. The second-order valence-electron chi connectivity index (χ2n) is 3.78. The Morgan fingerprint density at radius 1 is 1.50 bits per heavy atom. The number of halogens is 1. The van der Waals surface area contributed by atoms with Gasteiger partial charge in [0, 0.05) is 25.4 Å². The van der Waals surface area contributed by atoms with E-state index in [2.05, 4.69) is 4.98 Å². The van der Waals surface area contributed by atoms with Gasteiger partial charge in [0.05, 0.1) is 16.9 Å². The van der Waals surface area contributed by atoms with Crippen molar-refractivity contribution in [3.63, 3.8) is 0 Å². The monoisotopic (exact) mass is 250 g/mol. The molecule has 0 fully saturated rings. The molecule has 6 nitrogen and oxygen atoms in total. The number of aromatic nitrogens is 2. The summed E-state index contributed by atoms with van der Waals surface area (Å²) in [5, 5.41) is 10.5. The van der Waals surface area contributed by atoms with Crippen LogP contribution in [-0.4, -0.2) is 14.5 Å². The Bertz CT molecular complexity index is 582. The van der Waals surface area contributed by atoms with E-state index in [-0.39, 0.29) is 0 Å². The first-order valence-electron chi connectivity index (χ1n) is 5.23. The molecule has 1 aromatic carbocycles. The standard InChI is InChI=1S/C11H11FN4O2/c12-10-3-8(1-2-11(10)16(17)18)5-15-6-9(4-13)14-7-15/h1-3,6-7H,4-5,13H2. The second kappa shape index (κ2) is 4.92. The molecule has 1 heterocycles. The summed E-state index contributed by atoms with van der Waals surface area (Å²) in [6.07, 6.45) is 3.33. The van der Waals surface area contributed by atoms with Gasteiger partial charge in [-0.1, -0.05) is 6.07 Å². The molecule has 2 aromatic rings. The van der Waals surface area contributed by atoms with Crippen LogP contribution in [0.2, 0.25) is 0 Å². The van der Waals surface area contributed by atoms with Gasteiger partial charge in [-0.3, -0.25) is 10.1 Å². The van der Waals surface area contributed by atoms with E-state index in [1.165, 1.54) is 6.07 Å². The zero-order valence-corrected chi connectivity index (χ0v) is 9.41. The highest BCUT2D eigenvalue weighted by molar-refractivity contribution is 5.35. The molecule has 0 spiro atoms. The molecular weight excluding hydrogens is 239 g/mol. The highest BCUT2D eigenvalue weighted by Gasteiger charge is 2.13. The summed E-state index contributed by atoms with van der Waals surface area (Å²) in [4.78, 5) is 13.8. The quantitative estimate of drug-likeness (QED) is 0.657. The molecule has 2 rings (SSSR count). The summed E-state index contributed by atoms with van der Waals surface area (Å²) in [5.74, 6) is -0.836. The lowest BCUT2D eigenvalue weighted by Crippen LogP contribution is -2.00. The Labute approximate surface area is 102 Å². The largest absolute Gasteiger partial charge is 0.333 e. The summed E-state index contributed by atoms with van der Waals surface area (Å²) >= 11 is 0. The van der Waals surface area contributed by atoms with Gasteiger partial charge in [-0.2, -0.15) is 4.39 Å². The number of hydrogen-bond acceptors (Lipinski definition) is 4. The molecule has 0 saturated heterocycles. The maximum atomic E-state index is 13.4. The zero-order chi connectivity index (χ0) is 13.1. The number of nitrogens with two attached hydrogens (primary N) is 1. The van der Waals surface area contributed by atoms with Crippen LogP contribution in [0.15, 0.2) is 30.7 Å². The molecule has 18 heavy (non-hydrogen) atoms. The Kier molecular flexibility index (Phi) is 3.33. The first-order valence-corrected chi connectivity index (χ1v) is 5.23. The SMILES string of the molecule is NCc1cn(Cc2ccc([N+](=O)[O-])c(F)c2)cn1. The van der Waals surface area contributed by atoms with Crippen molar-refractivity contribution in [1.82, 2.24) is 9.55 Å². The number of nitro benzene ring substituents is 1. The fourth-order valence-corrected chi connectivity index (χ4v) is 1.61. The molecule has 1 aromatic heterocycles. The molecule has 94 valence electrons. The Balaban J connectivity index is 2.19. The van der Waals surface area contributed by atoms with E-state index in [0.717, 1.165) is 17.8 Å². The minimum absolute atomic E-state index is 0.335. The molecule has 0 saturated carbocycles. The normalized spacial score (nSPS) is 10.6. The van der Waals surface area contributed by atoms with Gasteiger partial charge >= 0.3 is 5.69 Å². The first kappa shape index (κ1) is 12.2. The van der Waals surface area contributed by atoms with Gasteiger partial charge in [-0.05, 0) is 11.6 Å². The van der Waals surface area contributed by atoms with Crippen LogP contribution in [0.25, 0.3) is 0 Å². The lowest BCUT2D eigenvalue weighted by molar-refractivity contribution is -0.387. The average Bonchev–Trinajstić information content (AvgIpc) is 2.76. The number of rotatable bonds is 4. The highest BCUT2D eigenvalue weighted by Crippen LogP contribution is 2.18. The molecule has 0 unspecified atom stereocenters. The van der Waals surface area contributed by atoms with Gasteiger partial charge in [0.15, 0.2) is 0 Å². The van der Waals surface area contributed by atoms with Gasteiger partial charge in [-0.15, -0.1) is 0 Å². The minimum atomic E-state index is -0.836. The molecule has 0 bridgehead atoms. The third-order valence-electron chi connectivity index (χ3n) is 2.47. The van der Waals surface area contributed by atoms with E-state index >= 15 is 0 Å². The van der Waals surface area contributed by atoms with E-state index in [1.807, 2.05) is 0 Å². The Hall–Kier alpha value is -2.28. The predicted molar refractivity (Wildman–Crippen MR) is 62.3 cm³/mol. The van der Waals surface area contributed by atoms with Gasteiger partial charge < -0.3 is 10.3 Å². The minimum Gasteiger partial charge on any atom is -0.333 e. The number of hydrogen-bond donors (Lipinski definition) is 1. The third-order valence-corrected chi connectivity index (χ3v) is 2.47. The maximum absolute atomic E-state index is 13.4. The summed E-state index contributed by atoms with van der Waals surface area (Å²) in [5.41, 5.74) is 6.26. The van der Waals surface area contributed by atoms with E-state index in [9.17, 15) is 14.5 Å². The molecule has 0 atom stereocenters. The van der Waals surface area contributed by atoms with Crippen LogP contribution in [0.1, 0.15) is 11.3 Å². The van der Waals surface area contributed by atoms with Gasteiger partial charge in [0.1, 0.15) is 0 Å². The van der Waals surface area contributed by atoms with Crippen LogP contribution in [-0.2, 0) is 13.1 Å². The predicted octanol–water partition coefficient (Wildman–Crippen LogP) is 1.44. The van der Waals surface area contributed by atoms with Crippen molar-refractivity contribution in [2.24, 2.45) is 5.73 Å². The van der Waals surface area contributed by atoms with E-state index < -0.39 is 16.4 Å². The molecule has 7 heteroatoms. The fraction of sp³-hybridized carbons (Fsp3) is 0.182. The van der Waals surface area contributed by atoms with Crippen LogP contribution in [0, 0.1) is 15.9 Å². The van der Waals surface area contributed by atoms with Crippen molar-refractivity contribution in [2.45, 2.75) is 13.1 Å². The van der Waals surface area contributed by atoms with E-state index in [1.54, 1.807) is 17.1 Å². The molecular formula is C11H11FN4O2. The number of imidazole rings is 1. The first-order chi connectivity index (χ1) is 8.60. The number of nitro groups is 1. The maximum Gasteiger partial charge on any atom is 0.304 e. The van der Waals surface area contributed by atoms with Crippen molar-refractivity contribution in [3.05, 3.63) is 57.9 Å². The topological polar surface area (TPSA) is 87.0 Å². The van der Waals surface area contributed by atoms with Crippen molar-refractivity contribution >= 4 is 5.69 Å². The van der Waals surface area contributed by atoms with E-state index in [0.29, 0.717) is 18.7 Å². The second-order valence-corrected chi connectivity index (χ2v) is 3.78. The molecule has 2 N–H and O–H groups in total. The zero-order valence-electron chi connectivity index (χ0n) is 9.41. The van der Waals surface area contributed by atoms with Crippen molar-refractivity contribution in [2.75, 3.05) is 0 Å². The number of benzene rings is 1. The van der Waals surface area contributed by atoms with Crippen LogP contribution < -0.4 is 5.73 Å². The van der Waals surface area contributed by atoms with Gasteiger partial charge in [-0.25, -0.2) is 4.98 Å². The molecule has 0 amide bonds. The fourth-order valence-electron chi connectivity index (χ4n) is 1.61. The number of nitrogens with zero attached hydrogens (tertiary/aromatic N) is 3. The van der Waals surface area contributed by atoms with Gasteiger partial charge in [0.2, 0.25) is 5.82 Å². The smallest absolute Gasteiger partial charge is 0.304 e. The third kappa shape index (κ3) is 2.51. The lowest BCUT2D eigenvalue weighted by atomic mass is 10.2. The lowest BCUT2D eigenvalue weighted by Gasteiger charge is -2.02. The summed E-state index contributed by atoms with van der Waals surface area (Å²) in [6.45, 7) is 0.726. The Morgan fingerprint density at radius 3 is 2.83 bits per heavy atom. The molecule has 0 aliphatic heterocycles. The van der Waals surface area contributed by atoms with Crippen molar-refractivity contribution in [1.29, 1.82) is 0 Å². The molecule has 0 aliphatic carbocycles. The van der Waals surface area contributed by atoms with Crippen LogP contribution in [0.5, 0.6) is 0 Å². The molecule has 0 aliphatic rings. The summed E-state index contributed by atoms with van der Waals surface area (Å²) in [6, 6.07) is 3.83.